The molecule has 0 bridgehead atoms. The first kappa shape index (κ1) is 32.1. The standard InChI is InChI=1S/C34H41N5O5/c1-4-22-15-17-23(18-16-22)37-31(40)29(14-9-19-36-33(35)42)38-32(41)30(21(2)3)39-34(43)44-20-28-26-12-7-5-10-24(26)25-11-6-8-13-27(25)28/h5-8,10-13,15-18,21,28-30H,4,9,14,19-20H2,1-3H3,(H,37,40)(H,38,41)(H,39,43)(H3,35,36,42)/t29-,30-/m0/s1. The smallest absolute Gasteiger partial charge is 0.407 e. The lowest BCUT2D eigenvalue weighted by Gasteiger charge is -2.25. The molecule has 10 heteroatoms. The molecule has 2 atom stereocenters. The summed E-state index contributed by atoms with van der Waals surface area (Å²) >= 11 is 0. The lowest BCUT2D eigenvalue weighted by molar-refractivity contribution is -0.128. The van der Waals surface area contributed by atoms with Gasteiger partial charge < -0.3 is 31.7 Å². The van der Waals surface area contributed by atoms with E-state index in [9.17, 15) is 19.2 Å². The van der Waals surface area contributed by atoms with Crippen molar-refractivity contribution in [2.45, 2.75) is 58.0 Å². The van der Waals surface area contributed by atoms with Crippen LogP contribution in [-0.2, 0) is 20.7 Å². The summed E-state index contributed by atoms with van der Waals surface area (Å²) in [5.41, 5.74) is 11.3. The molecule has 0 heterocycles. The van der Waals surface area contributed by atoms with E-state index in [1.54, 1.807) is 26.0 Å². The SMILES string of the molecule is CCc1ccc(NC(=O)[C@H](CCCNC(N)=O)NC(=O)[C@@H](NC(=O)OCC2c3ccccc3-c3ccccc32)C(C)C)cc1. The fourth-order valence-electron chi connectivity index (χ4n) is 5.40. The fourth-order valence-corrected chi connectivity index (χ4v) is 5.40. The van der Waals surface area contributed by atoms with Crippen molar-refractivity contribution < 1.29 is 23.9 Å². The highest BCUT2D eigenvalue weighted by molar-refractivity contribution is 5.98. The molecule has 5 amide bonds. The average molecular weight is 600 g/mol. The molecule has 1 aliphatic rings. The van der Waals surface area contributed by atoms with Crippen LogP contribution in [-0.4, -0.2) is 49.2 Å². The van der Waals surface area contributed by atoms with Gasteiger partial charge in [-0.25, -0.2) is 9.59 Å². The number of ether oxygens (including phenoxy) is 1. The van der Waals surface area contributed by atoms with Crippen LogP contribution in [0.4, 0.5) is 15.3 Å². The van der Waals surface area contributed by atoms with E-state index in [4.69, 9.17) is 10.5 Å². The number of urea groups is 1. The van der Waals surface area contributed by atoms with E-state index >= 15 is 0 Å². The summed E-state index contributed by atoms with van der Waals surface area (Å²) < 4.78 is 5.66. The van der Waals surface area contributed by atoms with Crippen molar-refractivity contribution in [1.29, 1.82) is 0 Å². The predicted octanol–water partition coefficient (Wildman–Crippen LogP) is 4.68. The minimum atomic E-state index is -0.950. The number of hydrogen-bond donors (Lipinski definition) is 5. The van der Waals surface area contributed by atoms with E-state index in [0.717, 1.165) is 34.2 Å². The van der Waals surface area contributed by atoms with Crippen LogP contribution in [0.5, 0.6) is 0 Å². The molecule has 0 saturated carbocycles. The number of nitrogens with one attached hydrogen (secondary N) is 4. The Morgan fingerprint density at radius 2 is 1.45 bits per heavy atom. The van der Waals surface area contributed by atoms with Gasteiger partial charge in [0.05, 0.1) is 0 Å². The summed E-state index contributed by atoms with van der Waals surface area (Å²) in [6.45, 7) is 6.00. The van der Waals surface area contributed by atoms with Gasteiger partial charge in [0.15, 0.2) is 0 Å². The number of benzene rings is 3. The Morgan fingerprint density at radius 1 is 0.841 bits per heavy atom. The monoisotopic (exact) mass is 599 g/mol. The van der Waals surface area contributed by atoms with Gasteiger partial charge in [-0.2, -0.15) is 0 Å². The van der Waals surface area contributed by atoms with Gasteiger partial charge in [0, 0.05) is 18.2 Å². The van der Waals surface area contributed by atoms with Gasteiger partial charge in [0.1, 0.15) is 18.7 Å². The highest BCUT2D eigenvalue weighted by Crippen LogP contribution is 2.44. The van der Waals surface area contributed by atoms with Crippen molar-refractivity contribution in [3.8, 4) is 11.1 Å². The van der Waals surface area contributed by atoms with Crippen LogP contribution >= 0.6 is 0 Å². The summed E-state index contributed by atoms with van der Waals surface area (Å²) in [6, 6.07) is 21.0. The maximum absolute atomic E-state index is 13.4. The average Bonchev–Trinajstić information content (AvgIpc) is 3.33. The summed E-state index contributed by atoms with van der Waals surface area (Å²) in [7, 11) is 0. The fraction of sp³-hybridized carbons (Fsp3) is 0.353. The van der Waals surface area contributed by atoms with E-state index in [2.05, 4.69) is 33.4 Å². The van der Waals surface area contributed by atoms with Crippen molar-refractivity contribution >= 4 is 29.6 Å². The van der Waals surface area contributed by atoms with E-state index in [0.29, 0.717) is 12.1 Å². The number of aryl methyl sites for hydroxylation is 1. The zero-order valence-electron chi connectivity index (χ0n) is 25.4. The number of rotatable bonds is 13. The Morgan fingerprint density at radius 3 is 2.02 bits per heavy atom. The molecule has 44 heavy (non-hydrogen) atoms. The Labute approximate surface area is 258 Å². The molecule has 0 unspecified atom stereocenters. The third-order valence-electron chi connectivity index (χ3n) is 7.80. The number of fused-ring (bicyclic) bond motifs is 3. The highest BCUT2D eigenvalue weighted by Gasteiger charge is 2.32. The Kier molecular flexibility index (Phi) is 11.0. The van der Waals surface area contributed by atoms with Crippen molar-refractivity contribution in [3.63, 3.8) is 0 Å². The van der Waals surface area contributed by atoms with Crippen LogP contribution in [0.15, 0.2) is 72.8 Å². The molecule has 0 fully saturated rings. The first-order chi connectivity index (χ1) is 21.2. The zero-order valence-corrected chi connectivity index (χ0v) is 25.4. The summed E-state index contributed by atoms with van der Waals surface area (Å²) in [4.78, 5) is 50.8. The quantitative estimate of drug-likeness (QED) is 0.181. The summed E-state index contributed by atoms with van der Waals surface area (Å²) in [6.07, 6.45) is 0.777. The lowest BCUT2D eigenvalue weighted by atomic mass is 9.98. The van der Waals surface area contributed by atoms with Gasteiger partial charge in [-0.3, -0.25) is 9.59 Å². The zero-order chi connectivity index (χ0) is 31.6. The van der Waals surface area contributed by atoms with Gasteiger partial charge in [-0.1, -0.05) is 81.4 Å². The van der Waals surface area contributed by atoms with Crippen molar-refractivity contribution in [3.05, 3.63) is 89.5 Å². The third-order valence-corrected chi connectivity index (χ3v) is 7.80. The molecular formula is C34H41N5O5. The van der Waals surface area contributed by atoms with Gasteiger partial charge in [0.25, 0.3) is 0 Å². The molecule has 3 aromatic rings. The Hall–Kier alpha value is -4.86. The number of hydrogen-bond acceptors (Lipinski definition) is 5. The molecular weight excluding hydrogens is 558 g/mol. The number of amides is 5. The molecule has 0 aromatic heterocycles. The van der Waals surface area contributed by atoms with Gasteiger partial charge in [-0.15, -0.1) is 0 Å². The van der Waals surface area contributed by atoms with E-state index in [-0.39, 0.29) is 31.4 Å². The van der Waals surface area contributed by atoms with Crippen LogP contribution < -0.4 is 27.0 Å². The maximum atomic E-state index is 13.4. The number of anilines is 1. The lowest BCUT2D eigenvalue weighted by Crippen LogP contribution is -2.54. The van der Waals surface area contributed by atoms with Crippen molar-refractivity contribution in [2.24, 2.45) is 11.7 Å². The summed E-state index contributed by atoms with van der Waals surface area (Å²) in [5, 5.41) is 10.8. The largest absolute Gasteiger partial charge is 0.449 e. The minimum absolute atomic E-state index is 0.112. The topological polar surface area (TPSA) is 152 Å². The van der Waals surface area contributed by atoms with Crippen molar-refractivity contribution in [2.75, 3.05) is 18.5 Å². The molecule has 1 aliphatic carbocycles. The van der Waals surface area contributed by atoms with Crippen LogP contribution in [0, 0.1) is 5.92 Å². The summed E-state index contributed by atoms with van der Waals surface area (Å²) in [5.74, 6) is -1.34. The second-order valence-corrected chi connectivity index (χ2v) is 11.2. The van der Waals surface area contributed by atoms with Gasteiger partial charge in [0.2, 0.25) is 11.8 Å². The minimum Gasteiger partial charge on any atom is -0.449 e. The number of nitrogens with two attached hydrogens (primary N) is 1. The Bertz CT molecular complexity index is 1430. The number of primary amides is 1. The van der Waals surface area contributed by atoms with E-state index < -0.39 is 36.0 Å². The maximum Gasteiger partial charge on any atom is 0.407 e. The molecule has 0 saturated heterocycles. The predicted molar refractivity (Wildman–Crippen MR) is 170 cm³/mol. The number of carbonyl (C=O) groups excluding carboxylic acids is 4. The van der Waals surface area contributed by atoms with Gasteiger partial charge >= 0.3 is 12.1 Å². The first-order valence-electron chi connectivity index (χ1n) is 15.0. The highest BCUT2D eigenvalue weighted by atomic mass is 16.5. The second-order valence-electron chi connectivity index (χ2n) is 11.2. The number of alkyl carbamates (subject to hydrolysis) is 1. The molecule has 4 rings (SSSR count). The van der Waals surface area contributed by atoms with Gasteiger partial charge in [-0.05, 0) is 65.1 Å². The normalized spacial score (nSPS) is 13.3. The Balaban J connectivity index is 1.40. The van der Waals surface area contributed by atoms with Crippen LogP contribution in [0.1, 0.15) is 56.2 Å². The third kappa shape index (κ3) is 8.15. The molecule has 3 aromatic carbocycles. The van der Waals surface area contributed by atoms with Crippen LogP contribution in [0.3, 0.4) is 0 Å². The number of carbonyl (C=O) groups is 4. The molecule has 232 valence electrons. The van der Waals surface area contributed by atoms with Crippen molar-refractivity contribution in [1.82, 2.24) is 16.0 Å². The molecule has 0 spiro atoms. The molecule has 0 aliphatic heterocycles. The van der Waals surface area contributed by atoms with Crippen LogP contribution in [0.2, 0.25) is 0 Å². The molecule has 10 nitrogen and oxygen atoms in total. The molecule has 0 radical (unpaired) electrons. The van der Waals surface area contributed by atoms with Crippen LogP contribution in [0.25, 0.3) is 11.1 Å². The molecule has 6 N–H and O–H groups in total. The van der Waals surface area contributed by atoms with E-state index in [1.807, 2.05) is 55.5 Å². The first-order valence-corrected chi connectivity index (χ1v) is 15.0. The second kappa shape index (κ2) is 15.0. The van der Waals surface area contributed by atoms with E-state index in [1.165, 1.54) is 0 Å².